The van der Waals surface area contributed by atoms with E-state index in [-0.39, 0.29) is 45.3 Å². The second kappa shape index (κ2) is 21.5. The van der Waals surface area contributed by atoms with Crippen LogP contribution in [0.15, 0.2) is 194 Å². The minimum atomic E-state index is -0.235. The van der Waals surface area contributed by atoms with Gasteiger partial charge < -0.3 is 30.2 Å². The summed E-state index contributed by atoms with van der Waals surface area (Å²) in [5.41, 5.74) is 29.6. The molecule has 82 heavy (non-hydrogen) atoms. The van der Waals surface area contributed by atoms with E-state index < -0.39 is 0 Å². The van der Waals surface area contributed by atoms with Gasteiger partial charge in [0.2, 0.25) is 0 Å². The molecule has 0 bridgehead atoms. The number of aryl methyl sites for hydroxylation is 12. The van der Waals surface area contributed by atoms with Crippen LogP contribution in [-0.4, -0.2) is 20.4 Å². The molecule has 6 heteroatoms. The summed E-state index contributed by atoms with van der Waals surface area (Å²) >= 11 is 0. The molecule has 0 atom stereocenters. The number of benzene rings is 10. The number of anilines is 6. The van der Waals surface area contributed by atoms with Crippen LogP contribution in [0.3, 0.4) is 0 Å². The molecule has 0 aliphatic heterocycles. The van der Waals surface area contributed by atoms with Crippen molar-refractivity contribution in [3.8, 4) is 56.0 Å². The monoisotopic (exact) mass is 1070 g/mol. The first-order valence-electron chi connectivity index (χ1n) is 28.1. The fraction of sp³-hybridized carbons (Fsp3) is 0.158. The number of aromatic hydroxyl groups is 2. The number of nitrogens with zero attached hydrogens (tertiary/aromatic N) is 2. The number of phenolic OH excluding ortho intramolecular Hbond substituents is 2. The predicted molar refractivity (Wildman–Crippen MR) is 343 cm³/mol. The molecule has 0 saturated carbocycles. The van der Waals surface area contributed by atoms with Crippen LogP contribution in [0.25, 0.3) is 55.7 Å². The maximum atomic E-state index is 12.0. The molecule has 10 aromatic carbocycles. The smallest absolute Gasteiger partial charge is 0.139 e. The molecule has 0 unspecified atom stereocenters. The molecular formula is C76H70N2O4. The van der Waals surface area contributed by atoms with Crippen LogP contribution in [0.5, 0.6) is 11.5 Å². The molecule has 0 aromatic heterocycles. The number of hydrogen-bond acceptors (Lipinski definition) is 6. The minimum absolute atomic E-state index is 0.0929. The molecule has 0 saturated heterocycles. The Balaban J connectivity index is 0.926. The van der Waals surface area contributed by atoms with Gasteiger partial charge in [-0.25, -0.2) is 0 Å². The lowest BCUT2D eigenvalue weighted by Crippen LogP contribution is -2.13. The molecule has 0 fully saturated rings. The number of allylic oxidation sites excluding steroid dienone is 2. The highest BCUT2D eigenvalue weighted by Gasteiger charge is 2.35. The summed E-state index contributed by atoms with van der Waals surface area (Å²) in [6, 6.07) is 62.3. The van der Waals surface area contributed by atoms with Crippen molar-refractivity contribution in [3.63, 3.8) is 0 Å². The zero-order chi connectivity index (χ0) is 58.0. The van der Waals surface area contributed by atoms with Crippen molar-refractivity contribution in [3.05, 3.63) is 271 Å². The third-order valence-electron chi connectivity index (χ3n) is 16.3. The molecule has 0 radical (unpaired) electrons. The zero-order valence-electron chi connectivity index (χ0n) is 49.0. The van der Waals surface area contributed by atoms with Gasteiger partial charge in [-0.05, 0) is 245 Å². The number of aliphatic hydroxyl groups is 2. The highest BCUT2D eigenvalue weighted by atomic mass is 16.3. The molecule has 4 N–H and O–H groups in total. The van der Waals surface area contributed by atoms with E-state index in [0.717, 1.165) is 45.0 Å². The van der Waals surface area contributed by atoms with Crippen LogP contribution in [0.4, 0.5) is 34.1 Å². The van der Waals surface area contributed by atoms with Gasteiger partial charge in [0.1, 0.15) is 23.0 Å². The van der Waals surface area contributed by atoms with Crippen molar-refractivity contribution < 1.29 is 20.4 Å². The molecule has 0 heterocycles. The van der Waals surface area contributed by atoms with Crippen molar-refractivity contribution in [2.24, 2.45) is 0 Å². The van der Waals surface area contributed by atoms with Gasteiger partial charge in [-0.3, -0.25) is 0 Å². The van der Waals surface area contributed by atoms with Crippen molar-refractivity contribution >= 4 is 45.3 Å². The largest absolute Gasteiger partial charge is 0.507 e. The van der Waals surface area contributed by atoms with Crippen LogP contribution in [0, 0.1) is 83.1 Å². The van der Waals surface area contributed by atoms with Crippen molar-refractivity contribution in [1.29, 1.82) is 0 Å². The summed E-state index contributed by atoms with van der Waals surface area (Å²) in [5.74, 6) is -0.734. The summed E-state index contributed by atoms with van der Waals surface area (Å²) in [6.07, 6.45) is 0. The lowest BCUT2D eigenvalue weighted by Gasteiger charge is -2.29. The van der Waals surface area contributed by atoms with E-state index in [4.69, 9.17) is 0 Å². The van der Waals surface area contributed by atoms with Gasteiger partial charge in [0.25, 0.3) is 0 Å². The van der Waals surface area contributed by atoms with Crippen LogP contribution in [-0.2, 0) is 0 Å². The first kappa shape index (κ1) is 54.4. The van der Waals surface area contributed by atoms with Gasteiger partial charge in [0.05, 0.1) is 11.1 Å². The van der Waals surface area contributed by atoms with E-state index in [1.54, 1.807) is 24.3 Å². The first-order chi connectivity index (χ1) is 39.2. The van der Waals surface area contributed by atoms with Crippen LogP contribution in [0.2, 0.25) is 0 Å². The Morgan fingerprint density at radius 1 is 0.232 bits per heavy atom. The molecule has 6 nitrogen and oxygen atoms in total. The summed E-state index contributed by atoms with van der Waals surface area (Å²) in [4.78, 5) is 4.20. The van der Waals surface area contributed by atoms with E-state index >= 15 is 0 Å². The summed E-state index contributed by atoms with van der Waals surface area (Å²) in [5, 5.41) is 47.7. The quantitative estimate of drug-likeness (QED) is 0.0975. The van der Waals surface area contributed by atoms with Gasteiger partial charge in [0, 0.05) is 57.4 Å². The average Bonchev–Trinajstić information content (AvgIpc) is 2.23. The van der Waals surface area contributed by atoms with Crippen molar-refractivity contribution in [2.45, 2.75) is 83.1 Å². The van der Waals surface area contributed by atoms with Crippen LogP contribution < -0.4 is 9.80 Å². The Morgan fingerprint density at radius 2 is 0.427 bits per heavy atom. The van der Waals surface area contributed by atoms with E-state index in [2.05, 4.69) is 238 Å². The van der Waals surface area contributed by atoms with Gasteiger partial charge >= 0.3 is 0 Å². The third kappa shape index (κ3) is 10.00. The van der Waals surface area contributed by atoms with Crippen LogP contribution >= 0.6 is 0 Å². The maximum Gasteiger partial charge on any atom is 0.139 e. The van der Waals surface area contributed by atoms with E-state index in [9.17, 15) is 20.4 Å². The summed E-state index contributed by atoms with van der Waals surface area (Å²) in [7, 11) is 0. The topological polar surface area (TPSA) is 87.4 Å². The highest BCUT2D eigenvalue weighted by molar-refractivity contribution is 6.08. The summed E-state index contributed by atoms with van der Waals surface area (Å²) in [6.45, 7) is 25.7. The van der Waals surface area contributed by atoms with E-state index in [0.29, 0.717) is 11.4 Å². The molecule has 10 aromatic rings. The second-order valence-corrected chi connectivity index (χ2v) is 22.8. The molecule has 0 amide bonds. The second-order valence-electron chi connectivity index (χ2n) is 22.8. The number of phenols is 2. The van der Waals surface area contributed by atoms with E-state index in [1.165, 1.54) is 89.0 Å². The van der Waals surface area contributed by atoms with Crippen LogP contribution in [0.1, 0.15) is 77.9 Å². The molecule has 408 valence electrons. The average molecular weight is 1080 g/mol. The Labute approximate surface area is 483 Å². The maximum absolute atomic E-state index is 12.0. The molecule has 0 spiro atoms. The van der Waals surface area contributed by atoms with E-state index in [1.807, 2.05) is 12.1 Å². The Morgan fingerprint density at radius 3 is 0.622 bits per heavy atom. The summed E-state index contributed by atoms with van der Waals surface area (Å²) < 4.78 is 0. The Bertz CT molecular complexity index is 3660. The van der Waals surface area contributed by atoms with Gasteiger partial charge in [-0.2, -0.15) is 0 Å². The first-order valence-corrected chi connectivity index (χ1v) is 28.1. The standard InChI is InChI=1S/C76H70N2O4/c1-43-33-47(5)69(48(6)34-43)55-13-21-59(22-14-55)77(60-23-15-56(16-24-60)70-49(7)35-44(2)36-50(70)8)63-29-31-65(67(79)41-63)73-75(81)74(76(73)82)66-32-30-64(42-68(66)80)78(61-25-17-57(18-26-61)71-51(9)37-45(3)38-52(71)10)62-27-19-58(20-28-62)72-53(11)39-46(4)40-54(72)12/h13-42,79-82H,1-12H3. The third-order valence-corrected chi connectivity index (χ3v) is 16.3. The Hall–Kier alpha value is -9.52. The van der Waals surface area contributed by atoms with Gasteiger partial charge in [-0.15, -0.1) is 0 Å². The van der Waals surface area contributed by atoms with Gasteiger partial charge in [0.15, 0.2) is 0 Å². The molecular weight excluding hydrogens is 1000 g/mol. The molecule has 1 aliphatic carbocycles. The zero-order valence-corrected chi connectivity index (χ0v) is 49.0. The van der Waals surface area contributed by atoms with Crippen molar-refractivity contribution in [2.75, 3.05) is 9.80 Å². The number of hydrogen-bond donors (Lipinski definition) is 4. The highest BCUT2D eigenvalue weighted by Crippen LogP contribution is 2.51. The molecule has 11 rings (SSSR count). The SMILES string of the molecule is Cc1cc(C)c(-c2ccc(N(c3ccc(-c4c(C)cc(C)cc4C)cc3)c3ccc(C4=C(O)C(c5ccc(N(c6ccc(-c7c(C)cc(C)cc7C)cc6)c6ccc(-c7c(C)cc(C)cc7C)cc6)cc5O)=C4O)c(O)c3)cc2)c(C)c1. The Kier molecular flexibility index (Phi) is 14.3. The van der Waals surface area contributed by atoms with Gasteiger partial charge in [-0.1, -0.05) is 119 Å². The molecule has 1 aliphatic rings. The minimum Gasteiger partial charge on any atom is -0.507 e. The number of aliphatic hydroxyl groups excluding tert-OH is 2. The predicted octanol–water partition coefficient (Wildman–Crippen LogP) is 20.7. The lowest BCUT2D eigenvalue weighted by molar-refractivity contribution is 0.386. The normalized spacial score (nSPS) is 12.2. The van der Waals surface area contributed by atoms with Crippen molar-refractivity contribution in [1.82, 2.24) is 0 Å². The number of rotatable bonds is 12. The fourth-order valence-corrected chi connectivity index (χ4v) is 13.2. The fourth-order valence-electron chi connectivity index (χ4n) is 13.2. The lowest BCUT2D eigenvalue weighted by atomic mass is 9.83.